The molecular formula is C33H42N6O. The first-order valence-corrected chi connectivity index (χ1v) is 15.3. The highest BCUT2D eigenvalue weighted by Crippen LogP contribution is 2.33. The van der Waals surface area contributed by atoms with Gasteiger partial charge >= 0.3 is 0 Å². The summed E-state index contributed by atoms with van der Waals surface area (Å²) in [4.78, 5) is 20.2. The van der Waals surface area contributed by atoms with Gasteiger partial charge in [0.25, 0.3) is 0 Å². The number of likely N-dealkylation sites (tertiary alicyclic amines) is 1. The lowest BCUT2D eigenvalue weighted by molar-refractivity contribution is -0.137. The number of anilines is 1. The minimum Gasteiger partial charge on any atom is -0.366 e. The van der Waals surface area contributed by atoms with Crippen molar-refractivity contribution in [3.8, 4) is 17.2 Å². The molecule has 1 amide bonds. The fraction of sp³-hybridized carbons (Fsp3) is 0.545. The molecule has 0 unspecified atom stereocenters. The number of nitriles is 1. The van der Waals surface area contributed by atoms with Crippen molar-refractivity contribution >= 4 is 17.1 Å². The summed E-state index contributed by atoms with van der Waals surface area (Å²) in [5.41, 5.74) is 6.13. The first-order valence-electron chi connectivity index (χ1n) is 15.3. The van der Waals surface area contributed by atoms with Crippen LogP contribution in [0.5, 0.6) is 0 Å². The van der Waals surface area contributed by atoms with E-state index in [-0.39, 0.29) is 17.7 Å². The fourth-order valence-corrected chi connectivity index (χ4v) is 7.02. The van der Waals surface area contributed by atoms with Crippen LogP contribution in [0.4, 0.5) is 5.69 Å². The number of nitrogens with zero attached hydrogens (tertiary/aromatic N) is 6. The largest absolute Gasteiger partial charge is 0.366 e. The molecular weight excluding hydrogens is 496 g/mol. The van der Waals surface area contributed by atoms with Gasteiger partial charge in [0.2, 0.25) is 5.91 Å². The fourth-order valence-electron chi connectivity index (χ4n) is 7.02. The summed E-state index contributed by atoms with van der Waals surface area (Å²) in [7, 11) is 0. The van der Waals surface area contributed by atoms with Crippen LogP contribution in [0.15, 0.2) is 48.8 Å². The van der Waals surface area contributed by atoms with Gasteiger partial charge in [-0.05, 0) is 88.1 Å². The van der Waals surface area contributed by atoms with E-state index in [0.717, 1.165) is 63.9 Å². The Kier molecular flexibility index (Phi) is 7.80. The zero-order chi connectivity index (χ0) is 27.6. The smallest absolute Gasteiger partial charge is 0.225 e. The summed E-state index contributed by atoms with van der Waals surface area (Å²) in [5, 5.41) is 13.8. The topological polar surface area (TPSA) is 67.9 Å². The molecule has 3 fully saturated rings. The summed E-state index contributed by atoms with van der Waals surface area (Å²) in [6.07, 6.45) is 9.98. The van der Waals surface area contributed by atoms with E-state index in [1.54, 1.807) is 0 Å². The van der Waals surface area contributed by atoms with Crippen LogP contribution < -0.4 is 4.90 Å². The summed E-state index contributed by atoms with van der Waals surface area (Å²) >= 11 is 0. The maximum absolute atomic E-state index is 13.1. The molecule has 6 rings (SSSR count). The molecule has 3 aliphatic rings. The number of rotatable bonds is 5. The highest BCUT2D eigenvalue weighted by molar-refractivity contribution is 5.81. The number of carbonyl (C=O) groups is 1. The summed E-state index contributed by atoms with van der Waals surface area (Å²) < 4.78 is 1.99. The lowest BCUT2D eigenvalue weighted by atomic mass is 9.82. The van der Waals surface area contributed by atoms with Crippen molar-refractivity contribution in [3.05, 3.63) is 54.4 Å². The number of piperidine rings is 1. The molecule has 7 nitrogen and oxygen atoms in total. The van der Waals surface area contributed by atoms with Crippen LogP contribution in [-0.2, 0) is 4.79 Å². The summed E-state index contributed by atoms with van der Waals surface area (Å²) in [6.45, 7) is 10.1. The molecule has 0 spiro atoms. The van der Waals surface area contributed by atoms with E-state index in [1.165, 1.54) is 41.8 Å². The third-order valence-corrected chi connectivity index (χ3v) is 9.58. The van der Waals surface area contributed by atoms with E-state index < -0.39 is 0 Å². The minimum absolute atomic E-state index is 0.0932. The highest BCUT2D eigenvalue weighted by atomic mass is 16.2. The van der Waals surface area contributed by atoms with E-state index in [4.69, 9.17) is 5.26 Å². The van der Waals surface area contributed by atoms with E-state index in [9.17, 15) is 4.79 Å². The van der Waals surface area contributed by atoms with Gasteiger partial charge in [0, 0.05) is 68.6 Å². The van der Waals surface area contributed by atoms with Crippen molar-refractivity contribution < 1.29 is 4.79 Å². The van der Waals surface area contributed by atoms with Crippen LogP contribution in [0, 0.1) is 23.2 Å². The van der Waals surface area contributed by atoms with Crippen LogP contribution in [0.3, 0.4) is 0 Å². The molecule has 2 saturated heterocycles. The Morgan fingerprint density at radius 2 is 1.70 bits per heavy atom. The molecule has 1 aliphatic carbocycles. The predicted molar refractivity (Wildman–Crippen MR) is 159 cm³/mol. The van der Waals surface area contributed by atoms with E-state index in [1.807, 2.05) is 15.6 Å². The van der Waals surface area contributed by atoms with Gasteiger partial charge < -0.3 is 14.7 Å². The van der Waals surface area contributed by atoms with Gasteiger partial charge in [0.05, 0.1) is 17.3 Å². The van der Waals surface area contributed by atoms with Gasteiger partial charge in [-0.1, -0.05) is 24.3 Å². The molecule has 4 heterocycles. The predicted octanol–water partition coefficient (Wildman–Crippen LogP) is 5.57. The maximum atomic E-state index is 13.1. The quantitative estimate of drug-likeness (QED) is 0.425. The summed E-state index contributed by atoms with van der Waals surface area (Å²) in [5.74, 6) is 1.13. The normalized spacial score (nSPS) is 24.4. The SMILES string of the molecule is CC(C)N1CCC[C@H](c2ccc(-c3cc4c(N5CCN(C(=O)[C@H]6CC[C@H](C#N)CC6)CC5)ccnn4c3)cc2)C1. The number of fused-ring (bicyclic) bond motifs is 1. The maximum Gasteiger partial charge on any atom is 0.225 e. The molecule has 7 heteroatoms. The Bertz CT molecular complexity index is 1360. The molecule has 3 aromatic rings. The number of piperazine rings is 1. The minimum atomic E-state index is 0.0932. The molecule has 0 radical (unpaired) electrons. The monoisotopic (exact) mass is 538 g/mol. The van der Waals surface area contributed by atoms with Gasteiger partial charge in [-0.25, -0.2) is 4.52 Å². The third-order valence-electron chi connectivity index (χ3n) is 9.58. The molecule has 2 aromatic heterocycles. The second-order valence-electron chi connectivity index (χ2n) is 12.3. The Morgan fingerprint density at radius 1 is 0.950 bits per heavy atom. The number of hydrogen-bond acceptors (Lipinski definition) is 5. The molecule has 2 aliphatic heterocycles. The Morgan fingerprint density at radius 3 is 2.40 bits per heavy atom. The number of carbonyl (C=O) groups excluding carboxylic acids is 1. The zero-order valence-corrected chi connectivity index (χ0v) is 24.0. The zero-order valence-electron chi connectivity index (χ0n) is 24.0. The molecule has 1 atom stereocenters. The molecule has 210 valence electrons. The van der Waals surface area contributed by atoms with Crippen LogP contribution in [0.1, 0.15) is 63.9 Å². The van der Waals surface area contributed by atoms with Crippen LogP contribution >= 0.6 is 0 Å². The van der Waals surface area contributed by atoms with Crippen LogP contribution in [0.2, 0.25) is 0 Å². The average molecular weight is 539 g/mol. The molecule has 1 saturated carbocycles. The van der Waals surface area contributed by atoms with E-state index in [0.29, 0.717) is 12.0 Å². The average Bonchev–Trinajstić information content (AvgIpc) is 3.46. The lowest BCUT2D eigenvalue weighted by Crippen LogP contribution is -2.50. The van der Waals surface area contributed by atoms with Crippen LogP contribution in [0.25, 0.3) is 16.6 Å². The van der Waals surface area contributed by atoms with Crippen LogP contribution in [-0.4, -0.2) is 70.6 Å². The van der Waals surface area contributed by atoms with Crippen molar-refractivity contribution in [1.82, 2.24) is 19.4 Å². The van der Waals surface area contributed by atoms with E-state index >= 15 is 0 Å². The molecule has 40 heavy (non-hydrogen) atoms. The molecule has 0 bridgehead atoms. The van der Waals surface area contributed by atoms with E-state index in [2.05, 4.69) is 77.4 Å². The first kappa shape index (κ1) is 26.8. The van der Waals surface area contributed by atoms with Crippen molar-refractivity contribution in [1.29, 1.82) is 5.26 Å². The highest BCUT2D eigenvalue weighted by Gasteiger charge is 2.31. The van der Waals surface area contributed by atoms with Gasteiger partial charge in [-0.15, -0.1) is 0 Å². The lowest BCUT2D eigenvalue weighted by Gasteiger charge is -2.38. The number of hydrogen-bond donors (Lipinski definition) is 0. The van der Waals surface area contributed by atoms with Crippen molar-refractivity contribution in [2.75, 3.05) is 44.2 Å². The standard InChI is InChI=1S/C33H42N6O/c1-24(2)38-15-3-4-29(22-38)26-9-11-27(12-10-26)30-20-32-31(13-14-35-39(32)23-30)36-16-18-37(19-17-36)33(40)28-7-5-25(21-34)6-8-28/h9-14,20,23-25,28-29H,3-8,15-19,22H2,1-2H3/t25-,28-,29-/m0/s1. The van der Waals surface area contributed by atoms with Crippen molar-refractivity contribution in [2.24, 2.45) is 11.8 Å². The summed E-state index contributed by atoms with van der Waals surface area (Å²) in [6, 6.07) is 16.5. The first-order chi connectivity index (χ1) is 19.5. The third kappa shape index (κ3) is 5.47. The molecule has 1 aromatic carbocycles. The number of aromatic nitrogens is 2. The number of amides is 1. The Labute approximate surface area is 238 Å². The van der Waals surface area contributed by atoms with Gasteiger partial charge in [-0.3, -0.25) is 4.79 Å². The number of benzene rings is 1. The van der Waals surface area contributed by atoms with Crippen molar-refractivity contribution in [2.45, 2.75) is 64.3 Å². The Balaban J connectivity index is 1.12. The second-order valence-corrected chi connectivity index (χ2v) is 12.3. The van der Waals surface area contributed by atoms with Gasteiger partial charge in [0.1, 0.15) is 0 Å². The second kappa shape index (κ2) is 11.6. The molecule has 0 N–H and O–H groups in total. The van der Waals surface area contributed by atoms with Gasteiger partial charge in [0.15, 0.2) is 0 Å². The Hall–Kier alpha value is -3.37. The van der Waals surface area contributed by atoms with Crippen molar-refractivity contribution in [3.63, 3.8) is 0 Å². The van der Waals surface area contributed by atoms with Gasteiger partial charge in [-0.2, -0.15) is 10.4 Å².